The Balaban J connectivity index is 1.71. The first kappa shape index (κ1) is 16.9. The number of nitrogens with one attached hydrogen (secondary N) is 2. The number of hydrogen-bond acceptors (Lipinski definition) is 3. The molecule has 0 aromatic heterocycles. The van der Waals surface area contributed by atoms with Gasteiger partial charge in [-0.15, -0.1) is 11.8 Å². The van der Waals surface area contributed by atoms with Crippen LogP contribution in [0.5, 0.6) is 0 Å². The molecule has 6 heteroatoms. The number of rotatable bonds is 5. The molecule has 1 aromatic rings. The van der Waals surface area contributed by atoms with Crippen LogP contribution in [0.25, 0.3) is 0 Å². The highest BCUT2D eigenvalue weighted by molar-refractivity contribution is 7.99. The van der Waals surface area contributed by atoms with Crippen molar-refractivity contribution in [2.45, 2.75) is 37.6 Å². The van der Waals surface area contributed by atoms with Gasteiger partial charge in [-0.25, -0.2) is 0 Å². The zero-order valence-corrected chi connectivity index (χ0v) is 14.3. The average Bonchev–Trinajstić information content (AvgIpc) is 2.41. The van der Waals surface area contributed by atoms with Crippen molar-refractivity contribution in [1.29, 1.82) is 0 Å². The molecule has 3 nitrogen and oxygen atoms in total. The maximum Gasteiger partial charge on any atom is 0.230 e. The molecule has 1 heterocycles. The van der Waals surface area contributed by atoms with Crippen molar-refractivity contribution >= 4 is 40.9 Å². The Labute approximate surface area is 140 Å². The number of amides is 1. The normalized spacial score (nSPS) is 22.0. The van der Waals surface area contributed by atoms with Crippen LogP contribution in [0, 0.1) is 0 Å². The summed E-state index contributed by atoms with van der Waals surface area (Å²) < 4.78 is 0. The van der Waals surface area contributed by atoms with E-state index in [1.165, 1.54) is 0 Å². The van der Waals surface area contributed by atoms with E-state index >= 15 is 0 Å². The number of carbonyl (C=O) groups is 1. The van der Waals surface area contributed by atoms with Crippen LogP contribution in [0.1, 0.15) is 25.3 Å². The molecule has 2 rings (SSSR count). The molecule has 0 radical (unpaired) electrons. The number of carbonyl (C=O) groups excluding carboxylic acids is 1. The third kappa shape index (κ3) is 5.70. The van der Waals surface area contributed by atoms with E-state index in [1.807, 2.05) is 12.1 Å². The summed E-state index contributed by atoms with van der Waals surface area (Å²) in [5, 5.41) is 7.77. The maximum absolute atomic E-state index is 11.9. The van der Waals surface area contributed by atoms with Gasteiger partial charge in [0, 0.05) is 27.9 Å². The molecular weight excluding hydrogens is 327 g/mol. The van der Waals surface area contributed by atoms with Gasteiger partial charge >= 0.3 is 0 Å². The Bertz CT molecular complexity index is 499. The molecule has 2 atom stereocenters. The summed E-state index contributed by atoms with van der Waals surface area (Å²) in [6.07, 6.45) is 2.00. The molecule has 116 valence electrons. The van der Waals surface area contributed by atoms with Crippen molar-refractivity contribution in [3.05, 3.63) is 33.8 Å². The molecule has 0 saturated carbocycles. The van der Waals surface area contributed by atoms with Gasteiger partial charge in [-0.1, -0.05) is 29.3 Å². The zero-order valence-electron chi connectivity index (χ0n) is 12.0. The van der Waals surface area contributed by atoms with Gasteiger partial charge in [0.05, 0.1) is 5.75 Å². The summed E-state index contributed by atoms with van der Waals surface area (Å²) in [7, 11) is 0. The summed E-state index contributed by atoms with van der Waals surface area (Å²) in [4.78, 5) is 11.9. The van der Waals surface area contributed by atoms with E-state index in [0.29, 0.717) is 33.6 Å². The van der Waals surface area contributed by atoms with Crippen molar-refractivity contribution in [2.24, 2.45) is 0 Å². The third-order valence-corrected chi connectivity index (χ3v) is 5.06. The van der Waals surface area contributed by atoms with Gasteiger partial charge in [0.25, 0.3) is 0 Å². The first-order chi connectivity index (χ1) is 10.0. The standard InChI is InChI=1S/C15H20Cl2N2OS/c1-10-6-13(4-5-18-10)19-15(20)9-21-8-11-2-3-12(16)7-14(11)17/h2-3,7,10,13,18H,4-6,8-9H2,1H3,(H,19,20). The van der Waals surface area contributed by atoms with Crippen molar-refractivity contribution < 1.29 is 4.79 Å². The fourth-order valence-corrected chi connectivity index (χ4v) is 3.82. The van der Waals surface area contributed by atoms with Crippen molar-refractivity contribution in [1.82, 2.24) is 10.6 Å². The van der Waals surface area contributed by atoms with Crippen molar-refractivity contribution in [2.75, 3.05) is 12.3 Å². The fraction of sp³-hybridized carbons (Fsp3) is 0.533. The Hall–Kier alpha value is -0.420. The second-order valence-corrected chi connectivity index (χ2v) is 7.20. The highest BCUT2D eigenvalue weighted by Gasteiger charge is 2.19. The van der Waals surface area contributed by atoms with Crippen LogP contribution in [0.2, 0.25) is 10.0 Å². The summed E-state index contributed by atoms with van der Waals surface area (Å²) in [6.45, 7) is 3.12. The smallest absolute Gasteiger partial charge is 0.230 e. The minimum atomic E-state index is 0.101. The number of thioether (sulfide) groups is 1. The van der Waals surface area contributed by atoms with Crippen LogP contribution in [0.4, 0.5) is 0 Å². The van der Waals surface area contributed by atoms with Crippen LogP contribution in [-0.4, -0.2) is 30.3 Å². The van der Waals surface area contributed by atoms with E-state index in [2.05, 4.69) is 17.6 Å². The fourth-order valence-electron chi connectivity index (χ4n) is 2.42. The third-order valence-electron chi connectivity index (χ3n) is 3.49. The molecule has 0 aliphatic carbocycles. The van der Waals surface area contributed by atoms with Crippen LogP contribution >= 0.6 is 35.0 Å². The lowest BCUT2D eigenvalue weighted by Crippen LogP contribution is -2.47. The van der Waals surface area contributed by atoms with Gasteiger partial charge in [-0.2, -0.15) is 0 Å². The molecule has 1 aromatic carbocycles. The molecule has 1 aliphatic heterocycles. The Morgan fingerprint density at radius 1 is 1.48 bits per heavy atom. The Morgan fingerprint density at radius 3 is 3.00 bits per heavy atom. The molecule has 0 spiro atoms. The molecule has 21 heavy (non-hydrogen) atoms. The number of piperidine rings is 1. The summed E-state index contributed by atoms with van der Waals surface area (Å²) in [6, 6.07) is 6.23. The van der Waals surface area contributed by atoms with E-state index < -0.39 is 0 Å². The molecule has 1 fully saturated rings. The highest BCUT2D eigenvalue weighted by atomic mass is 35.5. The topological polar surface area (TPSA) is 41.1 Å². The van der Waals surface area contributed by atoms with E-state index in [1.54, 1.807) is 17.8 Å². The van der Waals surface area contributed by atoms with Gasteiger partial charge < -0.3 is 10.6 Å². The molecule has 2 N–H and O–H groups in total. The molecule has 1 amide bonds. The second kappa shape index (κ2) is 8.28. The number of halogens is 2. The van der Waals surface area contributed by atoms with Crippen LogP contribution in [0.15, 0.2) is 18.2 Å². The lowest BCUT2D eigenvalue weighted by Gasteiger charge is -2.28. The first-order valence-corrected chi connectivity index (χ1v) is 9.00. The van der Waals surface area contributed by atoms with Crippen molar-refractivity contribution in [3.63, 3.8) is 0 Å². The monoisotopic (exact) mass is 346 g/mol. The lowest BCUT2D eigenvalue weighted by atomic mass is 10.0. The van der Waals surface area contributed by atoms with E-state index in [-0.39, 0.29) is 5.91 Å². The van der Waals surface area contributed by atoms with Gasteiger partial charge in [0.1, 0.15) is 0 Å². The largest absolute Gasteiger partial charge is 0.353 e. The average molecular weight is 347 g/mol. The van der Waals surface area contributed by atoms with Crippen LogP contribution < -0.4 is 10.6 Å². The van der Waals surface area contributed by atoms with Crippen molar-refractivity contribution in [3.8, 4) is 0 Å². The van der Waals surface area contributed by atoms with E-state index in [9.17, 15) is 4.79 Å². The van der Waals surface area contributed by atoms with Crippen LogP contribution in [-0.2, 0) is 10.5 Å². The van der Waals surface area contributed by atoms with E-state index in [4.69, 9.17) is 23.2 Å². The summed E-state index contributed by atoms with van der Waals surface area (Å²) >= 11 is 13.5. The lowest BCUT2D eigenvalue weighted by molar-refractivity contribution is -0.119. The Kier molecular flexibility index (Phi) is 6.68. The quantitative estimate of drug-likeness (QED) is 0.857. The minimum Gasteiger partial charge on any atom is -0.353 e. The molecule has 1 saturated heterocycles. The summed E-state index contributed by atoms with van der Waals surface area (Å²) in [5.41, 5.74) is 1.01. The second-order valence-electron chi connectivity index (χ2n) is 5.37. The highest BCUT2D eigenvalue weighted by Crippen LogP contribution is 2.24. The summed E-state index contributed by atoms with van der Waals surface area (Å²) in [5.74, 6) is 1.27. The first-order valence-electron chi connectivity index (χ1n) is 7.09. The SMILES string of the molecule is CC1CC(NC(=O)CSCc2ccc(Cl)cc2Cl)CCN1. The molecular formula is C15H20Cl2N2OS. The van der Waals surface area contributed by atoms with Crippen LogP contribution in [0.3, 0.4) is 0 Å². The number of benzene rings is 1. The molecule has 2 unspecified atom stereocenters. The Morgan fingerprint density at radius 2 is 2.29 bits per heavy atom. The predicted molar refractivity (Wildman–Crippen MR) is 91.3 cm³/mol. The van der Waals surface area contributed by atoms with Gasteiger partial charge in [-0.05, 0) is 44.0 Å². The minimum absolute atomic E-state index is 0.101. The van der Waals surface area contributed by atoms with E-state index in [0.717, 1.165) is 24.9 Å². The predicted octanol–water partition coefficient (Wildman–Crippen LogP) is 3.48. The molecule has 1 aliphatic rings. The van der Waals surface area contributed by atoms with Gasteiger partial charge in [0.2, 0.25) is 5.91 Å². The maximum atomic E-state index is 11.9. The van der Waals surface area contributed by atoms with Gasteiger partial charge in [-0.3, -0.25) is 4.79 Å². The number of hydrogen-bond donors (Lipinski definition) is 2. The molecule has 0 bridgehead atoms. The van der Waals surface area contributed by atoms with Gasteiger partial charge in [0.15, 0.2) is 0 Å². The zero-order chi connectivity index (χ0) is 15.2.